The number of anilines is 4. The first-order chi connectivity index (χ1) is 18.7. The Kier molecular flexibility index (Phi) is 8.43. The van der Waals surface area contributed by atoms with Crippen LogP contribution in [0.15, 0.2) is 121 Å². The molecule has 5 rings (SSSR count). The van der Waals surface area contributed by atoms with Gasteiger partial charge in [0.15, 0.2) is 0 Å². The molecule has 39 heavy (non-hydrogen) atoms. The van der Waals surface area contributed by atoms with Crippen LogP contribution < -0.4 is 31.8 Å². The molecule has 0 saturated heterocycles. The van der Waals surface area contributed by atoms with Gasteiger partial charge in [-0.25, -0.2) is 0 Å². The maximum absolute atomic E-state index is 5.92. The van der Waals surface area contributed by atoms with Gasteiger partial charge in [0.2, 0.25) is 0 Å². The fraction of sp³-hybridized carbons (Fsp3) is 0.0625. The van der Waals surface area contributed by atoms with Crippen LogP contribution in [-0.2, 0) is 0 Å². The first-order valence-corrected chi connectivity index (χ1v) is 15.4. The Bertz CT molecular complexity index is 1350. The van der Waals surface area contributed by atoms with E-state index in [4.69, 9.17) is 31.8 Å². The van der Waals surface area contributed by atoms with Crippen LogP contribution in [0.1, 0.15) is 0 Å². The number of hydrogen-bond acceptors (Lipinski definition) is 6. The molecule has 6 nitrogen and oxygen atoms in total. The standard InChI is InChI=1S/C18H16N2.C14H18N2O2Si/c19-17-9-5-15(6-10-17)13-1-2-14(4-3-13)16-7-11-18(20)12-8-16;1-19(2,17-13-7-3-11(15)4-8-13)18-14-9-5-12(16)6-10-14/h1-12H,19-20H2;3-10H,15-16H2,1-2H3. The fourth-order valence-corrected chi connectivity index (χ4v) is 5.32. The van der Waals surface area contributed by atoms with Crippen LogP contribution in [0.3, 0.4) is 0 Å². The van der Waals surface area contributed by atoms with E-state index in [0.29, 0.717) is 11.4 Å². The highest BCUT2D eigenvalue weighted by Crippen LogP contribution is 2.26. The number of nitrogens with two attached hydrogens (primary N) is 4. The summed E-state index contributed by atoms with van der Waals surface area (Å²) in [5.74, 6) is 1.53. The summed E-state index contributed by atoms with van der Waals surface area (Å²) in [6.07, 6.45) is 0. The molecule has 0 aliphatic carbocycles. The number of benzene rings is 5. The van der Waals surface area contributed by atoms with E-state index in [0.717, 1.165) is 22.9 Å². The molecule has 0 atom stereocenters. The van der Waals surface area contributed by atoms with Crippen molar-refractivity contribution in [1.29, 1.82) is 0 Å². The molecule has 0 amide bonds. The van der Waals surface area contributed by atoms with Crippen molar-refractivity contribution in [2.45, 2.75) is 13.1 Å². The second-order valence-corrected chi connectivity index (χ2v) is 12.8. The highest BCUT2D eigenvalue weighted by molar-refractivity contribution is 6.66. The van der Waals surface area contributed by atoms with Crippen molar-refractivity contribution in [2.24, 2.45) is 0 Å². The van der Waals surface area contributed by atoms with E-state index in [2.05, 4.69) is 24.3 Å². The van der Waals surface area contributed by atoms with Gasteiger partial charge < -0.3 is 31.8 Å². The zero-order chi connectivity index (χ0) is 27.8. The predicted molar refractivity (Wildman–Crippen MR) is 167 cm³/mol. The Labute approximate surface area is 231 Å². The molecule has 5 aromatic carbocycles. The van der Waals surface area contributed by atoms with Gasteiger partial charge in [-0.05, 0) is 95.1 Å². The van der Waals surface area contributed by atoms with Crippen LogP contribution >= 0.6 is 0 Å². The molecule has 0 aliphatic heterocycles. The minimum Gasteiger partial charge on any atom is -0.512 e. The lowest BCUT2D eigenvalue weighted by Gasteiger charge is -2.24. The van der Waals surface area contributed by atoms with E-state index in [1.54, 1.807) is 0 Å². The molecule has 0 unspecified atom stereocenters. The van der Waals surface area contributed by atoms with Gasteiger partial charge in [-0.15, -0.1) is 0 Å². The van der Waals surface area contributed by atoms with E-state index in [-0.39, 0.29) is 0 Å². The van der Waals surface area contributed by atoms with E-state index < -0.39 is 8.56 Å². The molecule has 7 heteroatoms. The summed E-state index contributed by atoms with van der Waals surface area (Å²) in [5.41, 5.74) is 30.4. The Hall–Kier alpha value is -4.88. The largest absolute Gasteiger partial charge is 0.512 e. The van der Waals surface area contributed by atoms with Crippen molar-refractivity contribution in [3.05, 3.63) is 121 Å². The molecule has 0 fully saturated rings. The fourth-order valence-electron chi connectivity index (χ4n) is 3.87. The minimum absolute atomic E-state index is 0.714. The van der Waals surface area contributed by atoms with Crippen LogP contribution in [0.5, 0.6) is 11.5 Å². The van der Waals surface area contributed by atoms with Crippen molar-refractivity contribution in [1.82, 2.24) is 0 Å². The van der Waals surface area contributed by atoms with Gasteiger partial charge in [-0.3, -0.25) is 0 Å². The average Bonchev–Trinajstić information content (AvgIpc) is 2.92. The Morgan fingerprint density at radius 1 is 0.359 bits per heavy atom. The zero-order valence-corrected chi connectivity index (χ0v) is 23.2. The minimum atomic E-state index is -2.30. The monoisotopic (exact) mass is 534 g/mol. The highest BCUT2D eigenvalue weighted by Gasteiger charge is 2.29. The summed E-state index contributed by atoms with van der Waals surface area (Å²) in [4.78, 5) is 0. The summed E-state index contributed by atoms with van der Waals surface area (Å²) in [6.45, 7) is 3.97. The number of nitrogen functional groups attached to an aromatic ring is 4. The zero-order valence-electron chi connectivity index (χ0n) is 22.2. The van der Waals surface area contributed by atoms with Gasteiger partial charge in [0.1, 0.15) is 11.5 Å². The lowest BCUT2D eigenvalue weighted by atomic mass is 10.00. The van der Waals surface area contributed by atoms with Crippen LogP contribution in [0.25, 0.3) is 22.3 Å². The van der Waals surface area contributed by atoms with Gasteiger partial charge in [0, 0.05) is 35.8 Å². The summed E-state index contributed by atoms with van der Waals surface area (Å²) < 4.78 is 11.8. The van der Waals surface area contributed by atoms with E-state index in [1.165, 1.54) is 22.3 Å². The van der Waals surface area contributed by atoms with Gasteiger partial charge in [-0.2, -0.15) is 0 Å². The van der Waals surface area contributed by atoms with E-state index in [9.17, 15) is 0 Å². The first-order valence-electron chi connectivity index (χ1n) is 12.6. The molecule has 0 aromatic heterocycles. The molecular formula is C32H34N4O2Si. The second-order valence-electron chi connectivity index (χ2n) is 9.56. The maximum atomic E-state index is 5.92. The molecule has 0 heterocycles. The van der Waals surface area contributed by atoms with Gasteiger partial charge in [-0.1, -0.05) is 48.5 Å². The molecule has 198 valence electrons. The lowest BCUT2D eigenvalue weighted by molar-refractivity contribution is 0.400. The summed E-state index contributed by atoms with van der Waals surface area (Å²) >= 11 is 0. The van der Waals surface area contributed by atoms with Gasteiger partial charge in [0.25, 0.3) is 0 Å². The lowest BCUT2D eigenvalue weighted by Crippen LogP contribution is -2.41. The van der Waals surface area contributed by atoms with Crippen LogP contribution in [0, 0.1) is 0 Å². The predicted octanol–water partition coefficient (Wildman–Crippen LogP) is 7.20. The van der Waals surface area contributed by atoms with Crippen molar-refractivity contribution >= 4 is 31.3 Å². The Balaban J connectivity index is 0.000000181. The maximum Gasteiger partial charge on any atom is 0.454 e. The molecule has 0 aliphatic rings. The van der Waals surface area contributed by atoms with Crippen molar-refractivity contribution in [3.8, 4) is 33.8 Å². The molecule has 0 bridgehead atoms. The Morgan fingerprint density at radius 2 is 0.564 bits per heavy atom. The first kappa shape index (κ1) is 27.2. The third-order valence-electron chi connectivity index (χ3n) is 5.86. The molecular weight excluding hydrogens is 500 g/mol. The van der Waals surface area contributed by atoms with Crippen LogP contribution in [-0.4, -0.2) is 8.56 Å². The van der Waals surface area contributed by atoms with Crippen LogP contribution in [0.4, 0.5) is 22.7 Å². The van der Waals surface area contributed by atoms with Crippen molar-refractivity contribution < 1.29 is 8.85 Å². The van der Waals surface area contributed by atoms with E-state index in [1.807, 2.05) is 110 Å². The van der Waals surface area contributed by atoms with Gasteiger partial charge in [0.05, 0.1) is 0 Å². The second kappa shape index (κ2) is 12.1. The summed E-state index contributed by atoms with van der Waals surface area (Å²) in [6, 6.07) is 38.9. The normalized spacial score (nSPS) is 10.7. The average molecular weight is 535 g/mol. The molecule has 8 N–H and O–H groups in total. The molecule has 0 saturated carbocycles. The quantitative estimate of drug-likeness (QED) is 0.135. The highest BCUT2D eigenvalue weighted by atomic mass is 28.4. The molecule has 5 aromatic rings. The topological polar surface area (TPSA) is 123 Å². The SMILES string of the molecule is C[Si](C)(Oc1ccc(N)cc1)Oc1ccc(N)cc1.Nc1ccc(-c2ccc(-c3ccc(N)cc3)cc2)cc1. The van der Waals surface area contributed by atoms with Crippen molar-refractivity contribution in [3.63, 3.8) is 0 Å². The molecule has 0 spiro atoms. The smallest absolute Gasteiger partial charge is 0.454 e. The molecule has 0 radical (unpaired) electrons. The third-order valence-corrected chi connectivity index (χ3v) is 7.31. The number of rotatable bonds is 6. The Morgan fingerprint density at radius 3 is 0.821 bits per heavy atom. The van der Waals surface area contributed by atoms with E-state index >= 15 is 0 Å². The third kappa shape index (κ3) is 8.05. The number of hydrogen-bond donors (Lipinski definition) is 4. The summed E-state index contributed by atoms with van der Waals surface area (Å²) in [5, 5.41) is 0. The van der Waals surface area contributed by atoms with Crippen molar-refractivity contribution in [2.75, 3.05) is 22.9 Å². The van der Waals surface area contributed by atoms with Gasteiger partial charge >= 0.3 is 8.56 Å². The summed E-state index contributed by atoms with van der Waals surface area (Å²) in [7, 11) is -2.30. The van der Waals surface area contributed by atoms with Crippen LogP contribution in [0.2, 0.25) is 13.1 Å².